The van der Waals surface area contributed by atoms with Gasteiger partial charge in [0.2, 0.25) is 11.1 Å². The molecule has 8 nitrogen and oxygen atoms in total. The third-order valence-electron chi connectivity index (χ3n) is 5.72. The van der Waals surface area contributed by atoms with Crippen LogP contribution in [0.2, 0.25) is 0 Å². The van der Waals surface area contributed by atoms with Crippen molar-refractivity contribution in [3.8, 4) is 17.2 Å². The molecule has 0 spiro atoms. The van der Waals surface area contributed by atoms with Gasteiger partial charge in [-0.3, -0.25) is 9.69 Å². The Morgan fingerprint density at radius 1 is 0.912 bits per heavy atom. The Balaban J connectivity index is 1.43. The normalized spacial score (nSPS) is 12.5. The number of benzene rings is 3. The lowest BCUT2D eigenvalue weighted by Crippen LogP contribution is -2.28. The minimum atomic E-state index is -0.0374. The van der Waals surface area contributed by atoms with Crippen molar-refractivity contribution in [3.63, 3.8) is 0 Å². The number of rotatable bonds is 6. The van der Waals surface area contributed by atoms with Gasteiger partial charge in [-0.05, 0) is 46.5 Å². The number of thioether (sulfide) groups is 1. The molecule has 0 unspecified atom stereocenters. The Bertz CT molecular complexity index is 1270. The Hall–Kier alpha value is -3.85. The van der Waals surface area contributed by atoms with Crippen molar-refractivity contribution in [2.45, 2.75) is 18.0 Å². The number of carbonyl (C=O) groups excluding carboxylic acids is 1. The molecule has 0 atom stereocenters. The number of amides is 1. The number of hydrogen-bond acceptors (Lipinski definition) is 7. The summed E-state index contributed by atoms with van der Waals surface area (Å²) >= 11 is 1.29. The van der Waals surface area contributed by atoms with E-state index in [-0.39, 0.29) is 11.7 Å². The molecule has 0 fully saturated rings. The van der Waals surface area contributed by atoms with Crippen LogP contribution in [0.1, 0.15) is 11.1 Å². The number of methoxy groups -OCH3 is 2. The number of ether oxygens (including phenoxy) is 2. The number of carbonyl (C=O) groups is 1. The van der Waals surface area contributed by atoms with Gasteiger partial charge in [0.05, 0.1) is 37.0 Å². The van der Waals surface area contributed by atoms with Crippen LogP contribution in [0.25, 0.3) is 5.69 Å². The van der Waals surface area contributed by atoms with E-state index in [1.165, 1.54) is 11.8 Å². The van der Waals surface area contributed by atoms with E-state index in [4.69, 9.17) is 9.47 Å². The van der Waals surface area contributed by atoms with Crippen LogP contribution in [0.4, 0.5) is 11.4 Å². The van der Waals surface area contributed by atoms with E-state index in [1.807, 2.05) is 53.4 Å². The molecule has 4 aromatic rings. The summed E-state index contributed by atoms with van der Waals surface area (Å²) in [6.07, 6.45) is 1.78. The van der Waals surface area contributed by atoms with Gasteiger partial charge in [-0.2, -0.15) is 4.68 Å². The van der Waals surface area contributed by atoms with Gasteiger partial charge in [0.15, 0.2) is 0 Å². The van der Waals surface area contributed by atoms with Gasteiger partial charge in [-0.1, -0.05) is 48.2 Å². The van der Waals surface area contributed by atoms with Crippen molar-refractivity contribution in [3.05, 3.63) is 77.9 Å². The zero-order valence-electron chi connectivity index (χ0n) is 18.8. The maximum atomic E-state index is 13.6. The maximum absolute atomic E-state index is 13.6. The molecule has 0 radical (unpaired) electrons. The first-order valence-electron chi connectivity index (χ1n) is 10.8. The summed E-state index contributed by atoms with van der Waals surface area (Å²) < 4.78 is 12.3. The minimum absolute atomic E-state index is 0.0374. The molecule has 2 heterocycles. The lowest BCUT2D eigenvalue weighted by atomic mass is 10.0. The number of nitrogens with zero attached hydrogens (tertiary/aromatic N) is 5. The van der Waals surface area contributed by atoms with E-state index >= 15 is 0 Å². The fourth-order valence-electron chi connectivity index (χ4n) is 4.09. The predicted octanol–water partition coefficient (Wildman–Crippen LogP) is 4.24. The molecule has 34 heavy (non-hydrogen) atoms. The van der Waals surface area contributed by atoms with E-state index in [0.717, 1.165) is 35.3 Å². The van der Waals surface area contributed by atoms with E-state index in [1.54, 1.807) is 25.0 Å². The fourth-order valence-corrected chi connectivity index (χ4v) is 4.83. The Kier molecular flexibility index (Phi) is 6.18. The number of tetrazole rings is 1. The van der Waals surface area contributed by atoms with Gasteiger partial charge >= 0.3 is 0 Å². The van der Waals surface area contributed by atoms with Gasteiger partial charge in [0, 0.05) is 18.2 Å². The highest BCUT2D eigenvalue weighted by Gasteiger charge is 2.26. The van der Waals surface area contributed by atoms with Crippen molar-refractivity contribution in [1.29, 1.82) is 0 Å². The van der Waals surface area contributed by atoms with Crippen LogP contribution in [-0.2, 0) is 17.6 Å². The average molecular weight is 474 g/mol. The molecule has 1 aromatic heterocycles. The highest BCUT2D eigenvalue weighted by atomic mass is 32.2. The SMILES string of the molecule is COc1cc(OC)cc(-n2nnnc2SCC(=O)N2c3ccccc3CCc3ccccc32)c1. The molecule has 172 valence electrons. The number of aromatic nitrogens is 4. The number of aryl methyl sites for hydroxylation is 2. The van der Waals surface area contributed by atoms with Crippen molar-refractivity contribution in [2.75, 3.05) is 24.9 Å². The Labute approximate surface area is 201 Å². The topological polar surface area (TPSA) is 82.4 Å². The van der Waals surface area contributed by atoms with Crippen LogP contribution in [0.3, 0.4) is 0 Å². The smallest absolute Gasteiger partial charge is 0.242 e. The molecule has 0 aliphatic carbocycles. The van der Waals surface area contributed by atoms with Crippen molar-refractivity contribution in [2.24, 2.45) is 0 Å². The monoisotopic (exact) mass is 473 g/mol. The molecule has 1 aliphatic rings. The molecule has 0 N–H and O–H groups in total. The van der Waals surface area contributed by atoms with E-state index < -0.39 is 0 Å². The predicted molar refractivity (Wildman–Crippen MR) is 130 cm³/mol. The first kappa shape index (κ1) is 22.0. The summed E-state index contributed by atoms with van der Waals surface area (Å²) in [6, 6.07) is 21.6. The first-order chi connectivity index (χ1) is 16.7. The van der Waals surface area contributed by atoms with E-state index in [9.17, 15) is 4.79 Å². The van der Waals surface area contributed by atoms with Gasteiger partial charge < -0.3 is 9.47 Å². The summed E-state index contributed by atoms with van der Waals surface area (Å²) in [5, 5.41) is 12.6. The van der Waals surface area contributed by atoms with E-state index in [2.05, 4.69) is 27.7 Å². The maximum Gasteiger partial charge on any atom is 0.242 e. The molecule has 5 rings (SSSR count). The van der Waals surface area contributed by atoms with Crippen molar-refractivity contribution < 1.29 is 14.3 Å². The molecule has 1 amide bonds. The summed E-state index contributed by atoms with van der Waals surface area (Å²) in [5.74, 6) is 1.37. The highest BCUT2D eigenvalue weighted by molar-refractivity contribution is 7.99. The van der Waals surface area contributed by atoms with Gasteiger partial charge in [-0.25, -0.2) is 0 Å². The van der Waals surface area contributed by atoms with Gasteiger partial charge in [0.1, 0.15) is 11.5 Å². The van der Waals surface area contributed by atoms with Crippen LogP contribution < -0.4 is 14.4 Å². The Morgan fingerprint density at radius 2 is 1.50 bits per heavy atom. The standard InChI is InChI=1S/C25H23N5O3S/c1-32-20-13-19(14-21(15-20)33-2)30-25(26-27-28-30)34-16-24(31)29-22-9-5-3-7-17(22)11-12-18-8-4-6-10-23(18)29/h3-10,13-15H,11-12,16H2,1-2H3. The summed E-state index contributed by atoms with van der Waals surface area (Å²) in [4.78, 5) is 15.4. The second-order valence-corrected chi connectivity index (χ2v) is 8.66. The number of fused-ring (bicyclic) bond motifs is 2. The summed E-state index contributed by atoms with van der Waals surface area (Å²) in [5.41, 5.74) is 4.85. The van der Waals surface area contributed by atoms with Crippen LogP contribution in [0.5, 0.6) is 11.5 Å². The fraction of sp³-hybridized carbons (Fsp3) is 0.200. The molecule has 0 saturated carbocycles. The number of para-hydroxylation sites is 2. The van der Waals surface area contributed by atoms with Gasteiger partial charge in [-0.15, -0.1) is 5.10 Å². The Morgan fingerprint density at radius 3 is 2.09 bits per heavy atom. The number of anilines is 2. The largest absolute Gasteiger partial charge is 0.497 e. The van der Waals surface area contributed by atoms with Crippen molar-refractivity contribution >= 4 is 29.0 Å². The molecule has 0 saturated heterocycles. The van der Waals surface area contributed by atoms with Crippen molar-refractivity contribution in [1.82, 2.24) is 20.2 Å². The van der Waals surface area contributed by atoms with Gasteiger partial charge in [0.25, 0.3) is 0 Å². The third kappa shape index (κ3) is 4.22. The molecular formula is C25H23N5O3S. The summed E-state index contributed by atoms with van der Waals surface area (Å²) in [7, 11) is 3.17. The summed E-state index contributed by atoms with van der Waals surface area (Å²) in [6.45, 7) is 0. The number of hydrogen-bond donors (Lipinski definition) is 0. The second-order valence-electron chi connectivity index (χ2n) is 7.72. The molecule has 1 aliphatic heterocycles. The van der Waals surface area contributed by atoms with Crippen LogP contribution in [0.15, 0.2) is 71.9 Å². The lowest BCUT2D eigenvalue weighted by Gasteiger charge is -2.24. The van der Waals surface area contributed by atoms with Crippen LogP contribution in [0, 0.1) is 0 Å². The minimum Gasteiger partial charge on any atom is -0.497 e. The zero-order valence-corrected chi connectivity index (χ0v) is 19.7. The molecular weight excluding hydrogens is 450 g/mol. The second kappa shape index (κ2) is 9.56. The van der Waals surface area contributed by atoms with Crippen LogP contribution in [-0.4, -0.2) is 46.1 Å². The molecule has 0 bridgehead atoms. The zero-order chi connectivity index (χ0) is 23.5. The quantitative estimate of drug-likeness (QED) is 0.388. The highest BCUT2D eigenvalue weighted by Crippen LogP contribution is 2.37. The third-order valence-corrected chi connectivity index (χ3v) is 6.63. The van der Waals surface area contributed by atoms with E-state index in [0.29, 0.717) is 22.3 Å². The molecule has 9 heteroatoms. The average Bonchev–Trinajstić information content (AvgIpc) is 3.29. The van der Waals surface area contributed by atoms with Crippen LogP contribution >= 0.6 is 11.8 Å². The molecule has 3 aromatic carbocycles. The first-order valence-corrected chi connectivity index (χ1v) is 11.8. The lowest BCUT2D eigenvalue weighted by molar-refractivity contribution is -0.115.